The molecule has 0 atom stereocenters. The maximum atomic E-state index is 12.8. The van der Waals surface area contributed by atoms with E-state index in [1.165, 1.54) is 0 Å². The summed E-state index contributed by atoms with van der Waals surface area (Å²) in [5.74, 6) is -0.298. The molecule has 3 amide bonds. The number of benzene rings is 2. The van der Waals surface area contributed by atoms with E-state index in [9.17, 15) is 19.2 Å². The number of imide groups is 1. The molecular weight excluding hydrogens is 432 g/mol. The van der Waals surface area contributed by atoms with E-state index in [0.717, 1.165) is 4.90 Å². The Morgan fingerprint density at radius 1 is 0.969 bits per heavy atom. The number of likely N-dealkylation sites (tertiary alicyclic amines) is 1. The highest BCUT2D eigenvalue weighted by molar-refractivity contribution is 6.31. The molecule has 0 saturated carbocycles. The van der Waals surface area contributed by atoms with Gasteiger partial charge in [-0.3, -0.25) is 24.1 Å². The first kappa shape index (κ1) is 20.7. The third kappa shape index (κ3) is 3.46. The third-order valence-corrected chi connectivity index (χ3v) is 6.74. The summed E-state index contributed by atoms with van der Waals surface area (Å²) in [6, 6.07) is 11.7. The predicted octanol–water partition coefficient (Wildman–Crippen LogP) is 3.35. The van der Waals surface area contributed by atoms with Gasteiger partial charge in [0.25, 0.3) is 11.8 Å². The highest BCUT2D eigenvalue weighted by atomic mass is 35.5. The summed E-state index contributed by atoms with van der Waals surface area (Å²) < 4.78 is 6.20. The zero-order chi connectivity index (χ0) is 22.5. The number of halogens is 1. The van der Waals surface area contributed by atoms with Gasteiger partial charge >= 0.3 is 0 Å². The second kappa shape index (κ2) is 7.74. The fourth-order valence-corrected chi connectivity index (χ4v) is 4.89. The molecule has 0 aliphatic carbocycles. The molecule has 5 rings (SSSR count). The van der Waals surface area contributed by atoms with Crippen molar-refractivity contribution in [1.29, 1.82) is 0 Å². The Morgan fingerprint density at radius 2 is 1.62 bits per heavy atom. The van der Waals surface area contributed by atoms with Crippen molar-refractivity contribution >= 4 is 35.1 Å². The van der Waals surface area contributed by atoms with Gasteiger partial charge in [-0.05, 0) is 30.3 Å². The van der Waals surface area contributed by atoms with Crippen molar-refractivity contribution in [1.82, 2.24) is 9.80 Å². The molecule has 1 saturated heterocycles. The first-order valence-electron chi connectivity index (χ1n) is 10.6. The minimum Gasteiger partial charge on any atom is -0.486 e. The van der Waals surface area contributed by atoms with E-state index in [4.69, 9.17) is 16.3 Å². The number of hydrogen-bond acceptors (Lipinski definition) is 5. The van der Waals surface area contributed by atoms with Gasteiger partial charge in [-0.2, -0.15) is 0 Å². The van der Waals surface area contributed by atoms with Gasteiger partial charge in [-0.1, -0.05) is 23.7 Å². The van der Waals surface area contributed by atoms with E-state index < -0.39 is 5.60 Å². The van der Waals surface area contributed by atoms with Crippen molar-refractivity contribution in [2.24, 2.45) is 0 Å². The normalized spacial score (nSPS) is 19.1. The van der Waals surface area contributed by atoms with Gasteiger partial charge in [0, 0.05) is 43.9 Å². The van der Waals surface area contributed by atoms with Crippen molar-refractivity contribution in [2.75, 3.05) is 19.6 Å². The first-order valence-corrected chi connectivity index (χ1v) is 11.0. The molecule has 2 aromatic rings. The summed E-state index contributed by atoms with van der Waals surface area (Å²) in [4.78, 5) is 53.2. The Hall–Kier alpha value is -3.19. The Labute approximate surface area is 189 Å². The Balaban J connectivity index is 1.19. The average molecular weight is 453 g/mol. The van der Waals surface area contributed by atoms with Crippen LogP contribution in [0.2, 0.25) is 5.02 Å². The zero-order valence-corrected chi connectivity index (χ0v) is 18.1. The van der Waals surface area contributed by atoms with Gasteiger partial charge in [0.1, 0.15) is 11.4 Å². The lowest BCUT2D eigenvalue weighted by molar-refractivity contribution is -0.134. The van der Waals surface area contributed by atoms with Gasteiger partial charge in [-0.25, -0.2) is 0 Å². The van der Waals surface area contributed by atoms with Crippen LogP contribution in [0.4, 0.5) is 0 Å². The largest absolute Gasteiger partial charge is 0.486 e. The summed E-state index contributed by atoms with van der Waals surface area (Å²) in [7, 11) is 0. The van der Waals surface area contributed by atoms with E-state index in [-0.39, 0.29) is 42.9 Å². The zero-order valence-electron chi connectivity index (χ0n) is 17.3. The second-order valence-electron chi connectivity index (χ2n) is 8.46. The van der Waals surface area contributed by atoms with Crippen molar-refractivity contribution in [3.8, 4) is 5.75 Å². The quantitative estimate of drug-likeness (QED) is 0.667. The highest BCUT2D eigenvalue weighted by Crippen LogP contribution is 2.40. The molecule has 32 heavy (non-hydrogen) atoms. The van der Waals surface area contributed by atoms with Crippen molar-refractivity contribution in [2.45, 2.75) is 31.3 Å². The smallest absolute Gasteiger partial charge is 0.261 e. The number of carbonyl (C=O) groups is 4. The molecule has 3 aliphatic heterocycles. The van der Waals surface area contributed by atoms with Gasteiger partial charge < -0.3 is 9.64 Å². The molecule has 1 fully saturated rings. The fraction of sp³-hybridized carbons (Fsp3) is 0.333. The van der Waals surface area contributed by atoms with Crippen molar-refractivity contribution in [3.63, 3.8) is 0 Å². The number of fused-ring (bicyclic) bond motifs is 2. The number of ether oxygens (including phenoxy) is 1. The molecule has 8 heteroatoms. The molecule has 0 aromatic heterocycles. The minimum atomic E-state index is -0.614. The standard InChI is InChI=1S/C24H21ClN2O5/c25-15-5-6-20-18(13-15)19(28)14-24(32-20)8-11-26(12-9-24)21(29)7-10-27-22(30)16-3-1-2-4-17(16)23(27)31/h1-6,13H,7-12,14H2. The van der Waals surface area contributed by atoms with Crippen LogP contribution in [0.15, 0.2) is 42.5 Å². The van der Waals surface area contributed by atoms with Crippen molar-refractivity contribution < 1.29 is 23.9 Å². The molecular formula is C24H21ClN2O5. The minimum absolute atomic E-state index is 0.000786. The van der Waals surface area contributed by atoms with Crippen LogP contribution in [0.3, 0.4) is 0 Å². The summed E-state index contributed by atoms with van der Waals surface area (Å²) in [5.41, 5.74) is 0.649. The van der Waals surface area contributed by atoms with E-state index in [2.05, 4.69) is 0 Å². The number of piperidine rings is 1. The lowest BCUT2D eigenvalue weighted by Crippen LogP contribution is -2.52. The van der Waals surface area contributed by atoms with Crippen LogP contribution < -0.4 is 4.74 Å². The molecule has 0 bridgehead atoms. The van der Waals surface area contributed by atoms with Crippen LogP contribution in [0.1, 0.15) is 56.8 Å². The first-order chi connectivity index (χ1) is 15.4. The van der Waals surface area contributed by atoms with Crippen LogP contribution in [0.25, 0.3) is 0 Å². The topological polar surface area (TPSA) is 84.0 Å². The number of ketones is 1. The number of nitrogens with zero attached hydrogens (tertiary/aromatic N) is 2. The molecule has 0 N–H and O–H groups in total. The Kier molecular flexibility index (Phi) is 5.01. The van der Waals surface area contributed by atoms with Gasteiger partial charge in [0.05, 0.1) is 23.1 Å². The monoisotopic (exact) mass is 452 g/mol. The molecule has 2 aromatic carbocycles. The highest BCUT2D eigenvalue weighted by Gasteiger charge is 2.44. The summed E-state index contributed by atoms with van der Waals surface area (Å²) in [5, 5.41) is 0.495. The molecule has 3 aliphatic rings. The van der Waals surface area contributed by atoms with Crippen LogP contribution in [0.5, 0.6) is 5.75 Å². The number of Topliss-reactive ketones (excluding diaryl/α,β-unsaturated/α-hetero) is 1. The molecule has 1 spiro atoms. The van der Waals surface area contributed by atoms with E-state index in [0.29, 0.717) is 53.4 Å². The van der Waals surface area contributed by atoms with Crippen LogP contribution in [0, 0.1) is 0 Å². The SMILES string of the molecule is O=C1CC2(CCN(C(=O)CCN3C(=O)c4ccccc4C3=O)CC2)Oc2ccc(Cl)cc21. The summed E-state index contributed by atoms with van der Waals surface area (Å²) >= 11 is 6.00. The van der Waals surface area contributed by atoms with E-state index in [1.54, 1.807) is 47.4 Å². The van der Waals surface area contributed by atoms with Gasteiger partial charge in [-0.15, -0.1) is 0 Å². The van der Waals surface area contributed by atoms with Crippen molar-refractivity contribution in [3.05, 3.63) is 64.2 Å². The maximum Gasteiger partial charge on any atom is 0.261 e. The molecule has 7 nitrogen and oxygen atoms in total. The van der Waals surface area contributed by atoms with Crippen LogP contribution in [-0.2, 0) is 4.79 Å². The van der Waals surface area contributed by atoms with E-state index in [1.807, 2.05) is 0 Å². The summed E-state index contributed by atoms with van der Waals surface area (Å²) in [6.07, 6.45) is 1.41. The third-order valence-electron chi connectivity index (χ3n) is 6.51. The molecule has 164 valence electrons. The fourth-order valence-electron chi connectivity index (χ4n) is 4.72. The van der Waals surface area contributed by atoms with Gasteiger partial charge in [0.15, 0.2) is 5.78 Å². The predicted molar refractivity (Wildman–Crippen MR) is 116 cm³/mol. The average Bonchev–Trinajstić information content (AvgIpc) is 3.03. The van der Waals surface area contributed by atoms with Crippen LogP contribution >= 0.6 is 11.6 Å². The lowest BCUT2D eigenvalue weighted by Gasteiger charge is -2.44. The molecule has 0 unspecified atom stereocenters. The molecule has 0 radical (unpaired) electrons. The van der Waals surface area contributed by atoms with Crippen LogP contribution in [-0.4, -0.2) is 58.5 Å². The van der Waals surface area contributed by atoms with E-state index >= 15 is 0 Å². The van der Waals surface area contributed by atoms with Gasteiger partial charge in [0.2, 0.25) is 5.91 Å². The lowest BCUT2D eigenvalue weighted by atomic mass is 9.82. The Morgan fingerprint density at radius 3 is 2.28 bits per heavy atom. The number of hydrogen-bond donors (Lipinski definition) is 0. The molecule has 3 heterocycles. The second-order valence-corrected chi connectivity index (χ2v) is 8.90. The number of rotatable bonds is 3. The maximum absolute atomic E-state index is 12.8. The number of amides is 3. The Bertz CT molecular complexity index is 1120. The number of carbonyl (C=O) groups excluding carboxylic acids is 4. The summed E-state index contributed by atoms with van der Waals surface area (Å²) in [6.45, 7) is 0.963.